The lowest BCUT2D eigenvalue weighted by molar-refractivity contribution is 1.61. The van der Waals surface area contributed by atoms with Gasteiger partial charge >= 0.3 is 0 Å². The van der Waals surface area contributed by atoms with Gasteiger partial charge in [0.05, 0.1) is 0 Å². The van der Waals surface area contributed by atoms with E-state index < -0.39 is 16.1 Å². The fourth-order valence-corrected chi connectivity index (χ4v) is 29.9. The maximum atomic E-state index is 2.65. The smallest absolute Gasteiger partial charge is 0.0682 e. The number of hydrogen-bond acceptors (Lipinski definition) is 0. The monoisotopic (exact) mass is 1190 g/mol. The molecule has 4 heteroatoms. The Bertz CT molecular complexity index is 5200. The van der Waals surface area contributed by atoms with Gasteiger partial charge in [0.25, 0.3) is 0 Å². The Morgan fingerprint density at radius 1 is 0.174 bits per heavy atom. The summed E-state index contributed by atoms with van der Waals surface area (Å²) in [5.41, 5.74) is 24.2. The standard InChI is InChI=1S/C88H56B2Si2/c1-5-27-57(28-6-1)63-35-13-19-43-75(63)91(76-44-20-14-36-64(76)58-29-7-2-8-30-58)79-47-23-17-41-71(79)89-73-55-61-52-54-68-70-40-26-50-82-88(70)90(74-56-62-51-53-67(69-39-25-49-81(91)87(69)89)85(73)83(62)84(61)86(68)74)72-42-18-24-48-80(72)92(82,77-45-21-15-37-65(77)59-31-9-3-10-32-59)78-46-22-16-38-66(78)60-33-11-4-12-34-60/h1-56H. The lowest BCUT2D eigenvalue weighted by atomic mass is 9.32. The first-order valence-electron chi connectivity index (χ1n) is 32.6. The minimum absolute atomic E-state index is 0.00322. The summed E-state index contributed by atoms with van der Waals surface area (Å²) in [7, 11) is -6.49. The Morgan fingerprint density at radius 2 is 0.446 bits per heavy atom. The Morgan fingerprint density at radius 3 is 0.783 bits per heavy atom. The molecule has 0 radical (unpaired) electrons. The third-order valence-electron chi connectivity index (χ3n) is 21.7. The van der Waals surface area contributed by atoms with Crippen LogP contribution in [0.25, 0.3) is 99.1 Å². The minimum Gasteiger partial charge on any atom is -0.0682 e. The van der Waals surface area contributed by atoms with Gasteiger partial charge in [-0.2, -0.15) is 0 Å². The van der Waals surface area contributed by atoms with Gasteiger partial charge in [-0.3, -0.25) is 0 Å². The normalized spacial score (nSPS) is 14.0. The highest BCUT2D eigenvalue weighted by Crippen LogP contribution is 2.45. The quantitative estimate of drug-likeness (QED) is 0.105. The highest BCUT2D eigenvalue weighted by molar-refractivity contribution is 7.28. The first-order valence-corrected chi connectivity index (χ1v) is 36.6. The van der Waals surface area contributed by atoms with E-state index in [0.717, 1.165) is 0 Å². The predicted octanol–water partition coefficient (Wildman–Crippen LogP) is 11.6. The van der Waals surface area contributed by atoms with Crippen molar-refractivity contribution in [2.75, 3.05) is 0 Å². The average molecular weight is 1190 g/mol. The Labute approximate surface area is 539 Å². The molecule has 0 unspecified atom stereocenters. The summed E-state index contributed by atoms with van der Waals surface area (Å²) in [5, 5.41) is 19.8. The molecule has 20 rings (SSSR count). The number of hydrogen-bond donors (Lipinski definition) is 0. The van der Waals surface area contributed by atoms with E-state index in [2.05, 4.69) is 340 Å². The van der Waals surface area contributed by atoms with Crippen LogP contribution in [0.5, 0.6) is 0 Å². The van der Waals surface area contributed by atoms with E-state index in [0.29, 0.717) is 0 Å². The van der Waals surface area contributed by atoms with Crippen molar-refractivity contribution < 1.29 is 0 Å². The molecule has 0 fully saturated rings. The molecule has 0 N–H and O–H groups in total. The van der Waals surface area contributed by atoms with Crippen molar-refractivity contribution in [3.05, 3.63) is 340 Å². The lowest BCUT2D eigenvalue weighted by Crippen LogP contribution is -2.87. The van der Waals surface area contributed by atoms with E-state index in [1.165, 1.54) is 173 Å². The van der Waals surface area contributed by atoms with Gasteiger partial charge in [-0.15, -0.1) is 0 Å². The largest absolute Gasteiger partial charge is 0.242 e. The van der Waals surface area contributed by atoms with E-state index in [9.17, 15) is 0 Å². The van der Waals surface area contributed by atoms with Gasteiger partial charge in [0.15, 0.2) is 16.1 Å². The zero-order chi connectivity index (χ0) is 60.2. The molecule has 0 saturated carbocycles. The Kier molecular flexibility index (Phi) is 11.2. The third kappa shape index (κ3) is 6.87. The van der Waals surface area contributed by atoms with Gasteiger partial charge in [-0.25, -0.2) is 0 Å². The topological polar surface area (TPSA) is 0 Å². The summed E-state index contributed by atoms with van der Waals surface area (Å²) in [4.78, 5) is 0. The molecule has 422 valence electrons. The van der Waals surface area contributed by atoms with Crippen molar-refractivity contribution in [3.63, 3.8) is 0 Å². The van der Waals surface area contributed by atoms with Crippen molar-refractivity contribution in [1.82, 2.24) is 0 Å². The number of rotatable bonds is 8. The van der Waals surface area contributed by atoms with Gasteiger partial charge in [0, 0.05) is 0 Å². The zero-order valence-corrected chi connectivity index (χ0v) is 52.5. The van der Waals surface area contributed by atoms with Crippen molar-refractivity contribution in [3.8, 4) is 66.8 Å². The Balaban J connectivity index is 0.875. The molecule has 16 aromatic carbocycles. The van der Waals surface area contributed by atoms with Gasteiger partial charge in [-0.05, 0) is 141 Å². The number of fused-ring (bicyclic) bond motifs is 8. The van der Waals surface area contributed by atoms with E-state index in [1.807, 2.05) is 0 Å². The van der Waals surface area contributed by atoms with Crippen LogP contribution in [-0.2, 0) is 0 Å². The average Bonchev–Trinajstić information content (AvgIpc) is 0.670. The van der Waals surface area contributed by atoms with Crippen molar-refractivity contribution >= 4 is 136 Å². The molecule has 0 nitrogen and oxygen atoms in total. The van der Waals surface area contributed by atoms with Crippen LogP contribution in [0.15, 0.2) is 340 Å². The molecule has 92 heavy (non-hydrogen) atoms. The summed E-state index contributed by atoms with van der Waals surface area (Å²) >= 11 is 0. The first kappa shape index (κ1) is 52.0. The van der Waals surface area contributed by atoms with Gasteiger partial charge in [0.2, 0.25) is 13.4 Å². The summed E-state index contributed by atoms with van der Waals surface area (Å²) in [6, 6.07) is 132. The number of benzene rings is 16. The molecule has 0 aliphatic carbocycles. The van der Waals surface area contributed by atoms with Gasteiger partial charge in [0.1, 0.15) is 0 Å². The molecule has 0 saturated heterocycles. The predicted molar refractivity (Wildman–Crippen MR) is 399 cm³/mol. The fourth-order valence-electron chi connectivity index (χ4n) is 18.5. The lowest BCUT2D eigenvalue weighted by Gasteiger charge is -2.47. The highest BCUT2D eigenvalue weighted by Gasteiger charge is 2.56. The molecule has 0 aromatic heterocycles. The van der Waals surface area contributed by atoms with E-state index >= 15 is 0 Å². The highest BCUT2D eigenvalue weighted by atomic mass is 28.3. The van der Waals surface area contributed by atoms with Gasteiger partial charge in [-0.1, -0.05) is 372 Å². The molecule has 16 aromatic rings. The van der Waals surface area contributed by atoms with E-state index in [4.69, 9.17) is 0 Å². The fraction of sp³-hybridized carbons (Fsp3) is 0. The molecule has 0 spiro atoms. The van der Waals surface area contributed by atoms with Crippen molar-refractivity contribution in [2.24, 2.45) is 0 Å². The maximum absolute atomic E-state index is 3.24. The summed E-state index contributed by atoms with van der Waals surface area (Å²) < 4.78 is 0. The minimum atomic E-state index is -3.24. The second kappa shape index (κ2) is 19.8. The third-order valence-corrected chi connectivity index (χ3v) is 31.7. The molecule has 4 aliphatic rings. The van der Waals surface area contributed by atoms with Crippen LogP contribution in [-0.4, -0.2) is 29.6 Å². The van der Waals surface area contributed by atoms with Crippen molar-refractivity contribution in [1.29, 1.82) is 0 Å². The molecule has 0 atom stereocenters. The first-order chi connectivity index (χ1) is 45.7. The SMILES string of the molecule is c1ccc(-c2ccccc2[Si]2(c3ccccc3-c3ccccc3)c3ccccc3B3c4c(cccc42)-c2ccc4cc5c6c(ccc7cc3c2c4c76)-c2cccc3c2B5c2ccccc2[Si]3(c2ccccc2-c2ccccc2)c2ccccc2-c2ccccc2)cc1. The van der Waals surface area contributed by atoms with Crippen LogP contribution in [0.3, 0.4) is 0 Å². The van der Waals surface area contributed by atoms with E-state index in [1.54, 1.807) is 0 Å². The summed E-state index contributed by atoms with van der Waals surface area (Å²) in [6.07, 6.45) is 0. The summed E-state index contributed by atoms with van der Waals surface area (Å²) in [5.74, 6) is 0. The van der Waals surface area contributed by atoms with Crippen molar-refractivity contribution in [2.45, 2.75) is 0 Å². The van der Waals surface area contributed by atoms with Crippen LogP contribution in [0.4, 0.5) is 0 Å². The second-order valence-electron chi connectivity index (χ2n) is 25.8. The Hall–Kier alpha value is -10.9. The molecular weight excluding hydrogens is 1130 g/mol. The molecule has 0 bridgehead atoms. The molecular formula is C88H56B2Si2. The summed E-state index contributed by atoms with van der Waals surface area (Å²) in [6.45, 7) is 0.00643. The molecule has 0 amide bonds. The van der Waals surface area contributed by atoms with Crippen LogP contribution in [0.1, 0.15) is 0 Å². The van der Waals surface area contributed by atoms with Gasteiger partial charge < -0.3 is 0 Å². The molecule has 4 heterocycles. The van der Waals surface area contributed by atoms with Crippen LogP contribution < -0.4 is 74.3 Å². The second-order valence-corrected chi connectivity index (χ2v) is 33.1. The van der Waals surface area contributed by atoms with Crippen LogP contribution in [0, 0.1) is 0 Å². The van der Waals surface area contributed by atoms with E-state index in [-0.39, 0.29) is 13.4 Å². The molecule has 4 aliphatic heterocycles. The van der Waals surface area contributed by atoms with Crippen LogP contribution in [0.2, 0.25) is 0 Å². The maximum Gasteiger partial charge on any atom is 0.242 e. The van der Waals surface area contributed by atoms with Crippen LogP contribution >= 0.6 is 0 Å². The zero-order valence-electron chi connectivity index (χ0n) is 50.5.